The van der Waals surface area contributed by atoms with Crippen LogP contribution in [-0.4, -0.2) is 18.2 Å². The number of hydrogen-bond acceptors (Lipinski definition) is 2. The molecule has 1 fully saturated rings. The monoisotopic (exact) mass is 283 g/mol. The van der Waals surface area contributed by atoms with Gasteiger partial charge in [-0.25, -0.2) is 0 Å². The van der Waals surface area contributed by atoms with Crippen LogP contribution in [0.25, 0.3) is 0 Å². The molecular formula is C13H18BrNO. The molecule has 88 valence electrons. The first-order chi connectivity index (χ1) is 7.66. The largest absolute Gasteiger partial charge is 0.508 e. The number of halogens is 1. The molecule has 2 nitrogen and oxygen atoms in total. The Bertz CT molecular complexity index is 349. The van der Waals surface area contributed by atoms with E-state index >= 15 is 0 Å². The lowest BCUT2D eigenvalue weighted by Gasteiger charge is -2.22. The lowest BCUT2D eigenvalue weighted by atomic mass is 9.90. The molecular weight excluding hydrogens is 266 g/mol. The van der Waals surface area contributed by atoms with Gasteiger partial charge in [0.15, 0.2) is 0 Å². The van der Waals surface area contributed by atoms with E-state index in [1.165, 1.54) is 18.4 Å². The summed E-state index contributed by atoms with van der Waals surface area (Å²) >= 11 is 3.49. The number of aromatic hydroxyl groups is 1. The van der Waals surface area contributed by atoms with Crippen LogP contribution in [-0.2, 0) is 6.42 Å². The second kappa shape index (κ2) is 5.19. The summed E-state index contributed by atoms with van der Waals surface area (Å²) in [5, 5.41) is 13.1. The molecule has 0 aliphatic carbocycles. The number of rotatable bonds is 2. The SMILES string of the molecule is Cc1c(O)cc(CC2CCNCC2)cc1Br. The highest BCUT2D eigenvalue weighted by atomic mass is 79.9. The fraction of sp³-hybridized carbons (Fsp3) is 0.538. The van der Waals surface area contributed by atoms with Crippen molar-refractivity contribution in [3.05, 3.63) is 27.7 Å². The van der Waals surface area contributed by atoms with Gasteiger partial charge in [0.1, 0.15) is 5.75 Å². The molecule has 0 radical (unpaired) electrons. The van der Waals surface area contributed by atoms with Crippen molar-refractivity contribution in [2.75, 3.05) is 13.1 Å². The third-order valence-corrected chi connectivity index (χ3v) is 4.18. The van der Waals surface area contributed by atoms with Crippen LogP contribution in [0, 0.1) is 12.8 Å². The topological polar surface area (TPSA) is 32.3 Å². The second-order valence-corrected chi connectivity index (χ2v) is 5.47. The van der Waals surface area contributed by atoms with Gasteiger partial charge in [-0.2, -0.15) is 0 Å². The fourth-order valence-electron chi connectivity index (χ4n) is 2.26. The van der Waals surface area contributed by atoms with Crippen molar-refractivity contribution in [1.82, 2.24) is 5.32 Å². The van der Waals surface area contributed by atoms with Crippen LogP contribution in [0.5, 0.6) is 5.75 Å². The molecule has 1 aromatic carbocycles. The zero-order valence-electron chi connectivity index (χ0n) is 9.59. The number of hydrogen-bond donors (Lipinski definition) is 2. The smallest absolute Gasteiger partial charge is 0.119 e. The van der Waals surface area contributed by atoms with Gasteiger partial charge < -0.3 is 10.4 Å². The van der Waals surface area contributed by atoms with E-state index in [0.717, 1.165) is 35.5 Å². The predicted molar refractivity (Wildman–Crippen MR) is 69.8 cm³/mol. The summed E-state index contributed by atoms with van der Waals surface area (Å²) in [6.45, 7) is 4.18. The Balaban J connectivity index is 2.09. The molecule has 2 N–H and O–H groups in total. The third kappa shape index (κ3) is 2.77. The molecule has 1 saturated heterocycles. The van der Waals surface area contributed by atoms with Crippen LogP contribution in [0.4, 0.5) is 0 Å². The summed E-state index contributed by atoms with van der Waals surface area (Å²) in [5.74, 6) is 1.16. The number of nitrogens with one attached hydrogen (secondary N) is 1. The molecule has 0 aromatic heterocycles. The van der Waals surface area contributed by atoms with E-state index in [2.05, 4.69) is 27.3 Å². The number of phenolic OH excluding ortho intramolecular Hbond substituents is 1. The van der Waals surface area contributed by atoms with E-state index in [9.17, 15) is 5.11 Å². The van der Waals surface area contributed by atoms with Gasteiger partial charge in [-0.15, -0.1) is 0 Å². The molecule has 16 heavy (non-hydrogen) atoms. The molecule has 1 aliphatic heterocycles. The van der Waals surface area contributed by atoms with Crippen LogP contribution in [0.15, 0.2) is 16.6 Å². The Labute approximate surface area is 105 Å². The lowest BCUT2D eigenvalue weighted by molar-refractivity contribution is 0.372. The summed E-state index contributed by atoms with van der Waals surface area (Å²) < 4.78 is 1.01. The van der Waals surface area contributed by atoms with Crippen molar-refractivity contribution in [2.45, 2.75) is 26.2 Å². The van der Waals surface area contributed by atoms with Crippen molar-refractivity contribution in [1.29, 1.82) is 0 Å². The molecule has 0 spiro atoms. The molecule has 1 aromatic rings. The molecule has 0 atom stereocenters. The van der Waals surface area contributed by atoms with Gasteiger partial charge in [-0.3, -0.25) is 0 Å². The van der Waals surface area contributed by atoms with Crippen LogP contribution in [0.3, 0.4) is 0 Å². The highest BCUT2D eigenvalue weighted by Gasteiger charge is 2.14. The van der Waals surface area contributed by atoms with Crippen molar-refractivity contribution < 1.29 is 5.11 Å². The molecule has 0 saturated carbocycles. The maximum atomic E-state index is 9.77. The minimum atomic E-state index is 0.401. The van der Waals surface area contributed by atoms with Gasteiger partial charge in [-0.05, 0) is 62.9 Å². The molecule has 2 rings (SSSR count). The normalized spacial score (nSPS) is 17.6. The van der Waals surface area contributed by atoms with E-state index in [0.29, 0.717) is 5.75 Å². The summed E-state index contributed by atoms with van der Waals surface area (Å²) in [6.07, 6.45) is 3.56. The fourth-order valence-corrected chi connectivity index (χ4v) is 2.75. The van der Waals surface area contributed by atoms with Gasteiger partial charge in [0, 0.05) is 10.0 Å². The first-order valence-electron chi connectivity index (χ1n) is 5.85. The Kier molecular flexibility index (Phi) is 3.87. The van der Waals surface area contributed by atoms with Crippen LogP contribution in [0.1, 0.15) is 24.0 Å². The first kappa shape index (κ1) is 11.9. The van der Waals surface area contributed by atoms with Crippen LogP contribution >= 0.6 is 15.9 Å². The Morgan fingerprint density at radius 3 is 2.69 bits per heavy atom. The number of piperidine rings is 1. The van der Waals surface area contributed by atoms with Crippen molar-refractivity contribution in [2.24, 2.45) is 5.92 Å². The third-order valence-electron chi connectivity index (χ3n) is 3.36. The van der Waals surface area contributed by atoms with Crippen molar-refractivity contribution >= 4 is 15.9 Å². The lowest BCUT2D eigenvalue weighted by Crippen LogP contribution is -2.28. The van der Waals surface area contributed by atoms with E-state index < -0.39 is 0 Å². The van der Waals surface area contributed by atoms with Crippen LogP contribution < -0.4 is 5.32 Å². The molecule has 1 heterocycles. The highest BCUT2D eigenvalue weighted by Crippen LogP contribution is 2.29. The maximum absolute atomic E-state index is 9.77. The highest BCUT2D eigenvalue weighted by molar-refractivity contribution is 9.10. The van der Waals surface area contributed by atoms with E-state index in [1.54, 1.807) is 0 Å². The zero-order chi connectivity index (χ0) is 11.5. The van der Waals surface area contributed by atoms with Gasteiger partial charge in [0.2, 0.25) is 0 Å². The Morgan fingerprint density at radius 2 is 2.06 bits per heavy atom. The molecule has 0 amide bonds. The minimum absolute atomic E-state index is 0.401. The van der Waals surface area contributed by atoms with Crippen molar-refractivity contribution in [3.8, 4) is 5.75 Å². The van der Waals surface area contributed by atoms with Crippen molar-refractivity contribution in [3.63, 3.8) is 0 Å². The Morgan fingerprint density at radius 1 is 1.38 bits per heavy atom. The number of phenols is 1. The summed E-state index contributed by atoms with van der Waals surface area (Å²) in [7, 11) is 0. The summed E-state index contributed by atoms with van der Waals surface area (Å²) in [5.41, 5.74) is 2.16. The Hall–Kier alpha value is -0.540. The predicted octanol–water partition coefficient (Wildman–Crippen LogP) is 3.01. The summed E-state index contributed by atoms with van der Waals surface area (Å²) in [4.78, 5) is 0. The molecule has 0 unspecified atom stereocenters. The molecule has 0 bridgehead atoms. The zero-order valence-corrected chi connectivity index (χ0v) is 11.2. The van der Waals surface area contributed by atoms with Crippen LogP contribution in [0.2, 0.25) is 0 Å². The average molecular weight is 284 g/mol. The van der Waals surface area contributed by atoms with E-state index in [1.807, 2.05) is 13.0 Å². The van der Waals surface area contributed by atoms with E-state index in [-0.39, 0.29) is 0 Å². The second-order valence-electron chi connectivity index (χ2n) is 4.62. The minimum Gasteiger partial charge on any atom is -0.508 e. The van der Waals surface area contributed by atoms with E-state index in [4.69, 9.17) is 0 Å². The molecule has 1 aliphatic rings. The molecule has 3 heteroatoms. The quantitative estimate of drug-likeness (QED) is 0.875. The first-order valence-corrected chi connectivity index (χ1v) is 6.65. The van der Waals surface area contributed by atoms with Gasteiger partial charge in [0.25, 0.3) is 0 Å². The average Bonchev–Trinajstić information content (AvgIpc) is 2.27. The maximum Gasteiger partial charge on any atom is 0.119 e. The van der Waals surface area contributed by atoms with Gasteiger partial charge >= 0.3 is 0 Å². The van der Waals surface area contributed by atoms with Gasteiger partial charge in [-0.1, -0.05) is 15.9 Å². The number of benzene rings is 1. The standard InChI is InChI=1S/C13H18BrNO/c1-9-12(14)7-11(8-13(9)16)6-10-2-4-15-5-3-10/h7-8,10,15-16H,2-6H2,1H3. The summed E-state index contributed by atoms with van der Waals surface area (Å²) in [6, 6.07) is 4.04. The van der Waals surface area contributed by atoms with Gasteiger partial charge in [0.05, 0.1) is 0 Å².